The minimum absolute atomic E-state index is 0.106. The first-order valence-electron chi connectivity index (χ1n) is 9.27. The van der Waals surface area contributed by atoms with E-state index in [-0.39, 0.29) is 23.6 Å². The van der Waals surface area contributed by atoms with Crippen molar-refractivity contribution in [1.82, 2.24) is 0 Å². The fraction of sp³-hybridized carbons (Fsp3) is 0.381. The summed E-state index contributed by atoms with van der Waals surface area (Å²) in [5.41, 5.74) is 4.62. The van der Waals surface area contributed by atoms with Crippen LogP contribution in [0.4, 0.5) is 5.69 Å². The molecule has 2 aliphatic heterocycles. The Hall–Kier alpha value is -1.99. The van der Waals surface area contributed by atoms with Gasteiger partial charge in [-0.2, -0.15) is 0 Å². The minimum Gasteiger partial charge on any atom is -0.497 e. The highest BCUT2D eigenvalue weighted by Crippen LogP contribution is 2.36. The number of nitrogens with zero attached hydrogens (tertiary/aromatic N) is 2. The normalized spacial score (nSPS) is 22.8. The van der Waals surface area contributed by atoms with Crippen LogP contribution in [0.1, 0.15) is 16.7 Å². The average Bonchev–Trinajstić information content (AvgIpc) is 3.14. The summed E-state index contributed by atoms with van der Waals surface area (Å²) in [7, 11) is -1.38. The molecule has 2 atom stereocenters. The second-order valence-corrected chi connectivity index (χ2v) is 10.5. The number of benzene rings is 2. The van der Waals surface area contributed by atoms with Crippen LogP contribution < -0.4 is 9.64 Å². The highest BCUT2D eigenvalue weighted by molar-refractivity contribution is 8.13. The van der Waals surface area contributed by atoms with Crippen molar-refractivity contribution >= 4 is 32.5 Å². The molecular weight excluding hydrogens is 392 g/mol. The van der Waals surface area contributed by atoms with Gasteiger partial charge in [0.05, 0.1) is 30.7 Å². The van der Waals surface area contributed by atoms with Crippen LogP contribution in [0.25, 0.3) is 0 Å². The predicted octanol–water partition coefficient (Wildman–Crippen LogP) is 3.59. The number of amidine groups is 1. The summed E-state index contributed by atoms with van der Waals surface area (Å²) in [6, 6.07) is 14.0. The van der Waals surface area contributed by atoms with E-state index in [1.807, 2.05) is 24.3 Å². The molecule has 148 valence electrons. The van der Waals surface area contributed by atoms with E-state index < -0.39 is 9.84 Å². The van der Waals surface area contributed by atoms with Crippen molar-refractivity contribution < 1.29 is 13.2 Å². The molecule has 0 aliphatic carbocycles. The Morgan fingerprint density at radius 2 is 1.86 bits per heavy atom. The van der Waals surface area contributed by atoms with E-state index in [9.17, 15) is 8.42 Å². The fourth-order valence-electron chi connectivity index (χ4n) is 3.68. The largest absolute Gasteiger partial charge is 0.497 e. The Bertz CT molecular complexity index is 1020. The molecule has 0 N–H and O–H groups in total. The van der Waals surface area contributed by atoms with E-state index in [1.54, 1.807) is 18.9 Å². The van der Waals surface area contributed by atoms with Crippen LogP contribution in [-0.4, -0.2) is 44.3 Å². The Morgan fingerprint density at radius 3 is 2.54 bits per heavy atom. The summed E-state index contributed by atoms with van der Waals surface area (Å²) >= 11 is 1.66. The molecule has 0 radical (unpaired) electrons. The zero-order chi connectivity index (χ0) is 19.9. The molecule has 1 saturated heterocycles. The van der Waals surface area contributed by atoms with Crippen LogP contribution in [0, 0.1) is 13.8 Å². The molecule has 7 heteroatoms. The van der Waals surface area contributed by atoms with Gasteiger partial charge >= 0.3 is 0 Å². The van der Waals surface area contributed by atoms with Gasteiger partial charge in [-0.05, 0) is 54.8 Å². The summed E-state index contributed by atoms with van der Waals surface area (Å²) in [6.07, 6.45) is 0. The number of fused-ring (bicyclic) bond motifs is 1. The standard InChI is InChI=1S/C21H24N2O3S2/c1-14-4-7-17(10-15(14)2)23-20-13-28(24,25)12-19(20)22-21(23)27-11-16-5-8-18(26-3)9-6-16/h4-10,19-20H,11-13H2,1-3H3. The number of methoxy groups -OCH3 is 1. The van der Waals surface area contributed by atoms with Gasteiger partial charge in [-0.25, -0.2) is 8.42 Å². The van der Waals surface area contributed by atoms with Crippen LogP contribution in [-0.2, 0) is 15.6 Å². The van der Waals surface area contributed by atoms with Crippen molar-refractivity contribution in [3.63, 3.8) is 0 Å². The van der Waals surface area contributed by atoms with Gasteiger partial charge in [0.1, 0.15) is 5.75 Å². The quantitative estimate of drug-likeness (QED) is 0.762. The molecule has 0 spiro atoms. The van der Waals surface area contributed by atoms with Gasteiger partial charge in [-0.1, -0.05) is 30.0 Å². The number of aliphatic imine (C=N–C) groups is 1. The molecule has 0 aromatic heterocycles. The van der Waals surface area contributed by atoms with Crippen LogP contribution in [0.5, 0.6) is 5.75 Å². The van der Waals surface area contributed by atoms with Gasteiger partial charge in [0.2, 0.25) is 0 Å². The van der Waals surface area contributed by atoms with E-state index in [1.165, 1.54) is 16.7 Å². The molecule has 0 bridgehead atoms. The SMILES string of the molecule is COc1ccc(CSC2=NC3CS(=O)(=O)CC3N2c2ccc(C)c(C)c2)cc1. The van der Waals surface area contributed by atoms with E-state index in [2.05, 4.69) is 36.9 Å². The topological polar surface area (TPSA) is 59.0 Å². The molecule has 0 amide bonds. The minimum atomic E-state index is -3.03. The van der Waals surface area contributed by atoms with Gasteiger partial charge in [-0.3, -0.25) is 4.99 Å². The number of aryl methyl sites for hydroxylation is 2. The number of hydrogen-bond donors (Lipinski definition) is 0. The lowest BCUT2D eigenvalue weighted by atomic mass is 10.1. The summed E-state index contributed by atoms with van der Waals surface area (Å²) in [4.78, 5) is 6.94. The van der Waals surface area contributed by atoms with E-state index in [0.29, 0.717) is 0 Å². The van der Waals surface area contributed by atoms with Gasteiger partial charge in [0, 0.05) is 11.4 Å². The first-order valence-corrected chi connectivity index (χ1v) is 12.1. The molecule has 4 rings (SSSR count). The number of sulfone groups is 1. The van der Waals surface area contributed by atoms with Crippen molar-refractivity contribution in [2.45, 2.75) is 31.7 Å². The third kappa shape index (κ3) is 3.78. The molecule has 2 aromatic carbocycles. The van der Waals surface area contributed by atoms with Gasteiger partial charge in [0.15, 0.2) is 15.0 Å². The lowest BCUT2D eigenvalue weighted by Crippen LogP contribution is -2.39. The number of rotatable bonds is 4. The molecular formula is C21H24N2O3S2. The number of ether oxygens (including phenoxy) is 1. The van der Waals surface area contributed by atoms with Gasteiger partial charge in [-0.15, -0.1) is 0 Å². The summed E-state index contributed by atoms with van der Waals surface area (Å²) < 4.78 is 29.6. The maximum Gasteiger partial charge on any atom is 0.164 e. The van der Waals surface area contributed by atoms with E-state index in [0.717, 1.165) is 22.4 Å². The molecule has 28 heavy (non-hydrogen) atoms. The van der Waals surface area contributed by atoms with Crippen molar-refractivity contribution in [2.75, 3.05) is 23.5 Å². The zero-order valence-electron chi connectivity index (χ0n) is 16.3. The second-order valence-electron chi connectivity index (χ2n) is 7.40. The highest BCUT2D eigenvalue weighted by Gasteiger charge is 2.47. The predicted molar refractivity (Wildman–Crippen MR) is 116 cm³/mol. The van der Waals surface area contributed by atoms with Crippen molar-refractivity contribution in [3.8, 4) is 5.75 Å². The first kappa shape index (κ1) is 19.3. The van der Waals surface area contributed by atoms with Gasteiger partial charge < -0.3 is 9.64 Å². The average molecular weight is 417 g/mol. The van der Waals surface area contributed by atoms with Crippen LogP contribution in [0.3, 0.4) is 0 Å². The smallest absolute Gasteiger partial charge is 0.164 e. The monoisotopic (exact) mass is 416 g/mol. The Balaban J connectivity index is 1.60. The molecule has 1 fully saturated rings. The molecule has 5 nitrogen and oxygen atoms in total. The Labute approximate surface area is 170 Å². The molecule has 0 saturated carbocycles. The molecule has 2 aliphatic rings. The third-order valence-corrected chi connectivity index (χ3v) is 8.14. The third-order valence-electron chi connectivity index (χ3n) is 5.40. The Kier molecular flexibility index (Phi) is 5.14. The lowest BCUT2D eigenvalue weighted by Gasteiger charge is -2.27. The summed E-state index contributed by atoms with van der Waals surface area (Å²) in [5, 5.41) is 0.906. The fourth-order valence-corrected chi connectivity index (χ4v) is 6.60. The maximum atomic E-state index is 12.2. The maximum absolute atomic E-state index is 12.2. The van der Waals surface area contributed by atoms with Crippen molar-refractivity contribution in [2.24, 2.45) is 4.99 Å². The highest BCUT2D eigenvalue weighted by atomic mass is 32.2. The zero-order valence-corrected chi connectivity index (χ0v) is 17.9. The van der Waals surface area contributed by atoms with E-state index >= 15 is 0 Å². The van der Waals surface area contributed by atoms with Crippen LogP contribution in [0.2, 0.25) is 0 Å². The summed E-state index contributed by atoms with van der Waals surface area (Å²) in [5.74, 6) is 1.92. The number of hydrogen-bond acceptors (Lipinski definition) is 6. The molecule has 2 heterocycles. The van der Waals surface area contributed by atoms with E-state index in [4.69, 9.17) is 9.73 Å². The first-order chi connectivity index (χ1) is 13.4. The van der Waals surface area contributed by atoms with Gasteiger partial charge in [0.25, 0.3) is 0 Å². The summed E-state index contributed by atoms with van der Waals surface area (Å²) in [6.45, 7) is 4.17. The van der Waals surface area contributed by atoms with Crippen LogP contribution in [0.15, 0.2) is 47.5 Å². The molecule has 2 aromatic rings. The van der Waals surface area contributed by atoms with Crippen molar-refractivity contribution in [3.05, 3.63) is 59.2 Å². The number of anilines is 1. The van der Waals surface area contributed by atoms with Crippen molar-refractivity contribution in [1.29, 1.82) is 0 Å². The lowest BCUT2D eigenvalue weighted by molar-refractivity contribution is 0.414. The Morgan fingerprint density at radius 1 is 1.11 bits per heavy atom. The number of thioether (sulfide) groups is 1. The second kappa shape index (κ2) is 7.44. The molecule has 2 unspecified atom stereocenters. The van der Waals surface area contributed by atoms with Crippen LogP contribution >= 0.6 is 11.8 Å².